The maximum atomic E-state index is 13.6. The Morgan fingerprint density at radius 1 is 0.963 bits per heavy atom. The molecular weight excluding hydrogens is 350 g/mol. The number of fused-ring (bicyclic) bond motifs is 1. The second-order valence-electron chi connectivity index (χ2n) is 5.74. The average Bonchev–Trinajstić information content (AvgIpc) is 2.70. The first-order chi connectivity index (χ1) is 13.2. The SMILES string of the molecule is COc1cnccc1-c1nc(Nc2ccc(F)c(F)c2)c2ccccc2n1. The fourth-order valence-corrected chi connectivity index (χ4v) is 2.73. The van der Waals surface area contributed by atoms with E-state index in [-0.39, 0.29) is 0 Å². The van der Waals surface area contributed by atoms with Crippen molar-refractivity contribution in [2.24, 2.45) is 0 Å². The first kappa shape index (κ1) is 16.8. The first-order valence-corrected chi connectivity index (χ1v) is 8.13. The van der Waals surface area contributed by atoms with Gasteiger partial charge in [-0.3, -0.25) is 4.98 Å². The normalized spacial score (nSPS) is 10.8. The molecule has 134 valence electrons. The lowest BCUT2D eigenvalue weighted by molar-refractivity contribution is 0.414. The molecule has 0 aliphatic carbocycles. The molecule has 2 aromatic heterocycles. The number of methoxy groups -OCH3 is 1. The third kappa shape index (κ3) is 3.27. The largest absolute Gasteiger partial charge is 0.494 e. The summed E-state index contributed by atoms with van der Waals surface area (Å²) < 4.78 is 32.1. The Labute approximate surface area is 153 Å². The summed E-state index contributed by atoms with van der Waals surface area (Å²) in [6.45, 7) is 0. The van der Waals surface area contributed by atoms with Crippen LogP contribution in [0.2, 0.25) is 0 Å². The number of anilines is 2. The zero-order chi connectivity index (χ0) is 18.8. The molecule has 0 atom stereocenters. The molecule has 2 heterocycles. The lowest BCUT2D eigenvalue weighted by Crippen LogP contribution is -2.01. The Balaban J connectivity index is 1.87. The van der Waals surface area contributed by atoms with Crippen molar-refractivity contribution in [2.45, 2.75) is 0 Å². The molecule has 4 aromatic rings. The minimum atomic E-state index is -0.936. The van der Waals surface area contributed by atoms with Crippen LogP contribution in [0.4, 0.5) is 20.3 Å². The van der Waals surface area contributed by atoms with E-state index in [0.717, 1.165) is 17.5 Å². The van der Waals surface area contributed by atoms with E-state index in [1.54, 1.807) is 25.6 Å². The standard InChI is InChI=1S/C20H14F2N4O/c1-27-18-11-23-9-8-14(18)20-25-17-5-3-2-4-13(17)19(26-20)24-12-6-7-15(21)16(22)10-12/h2-11H,1H3,(H,24,25,26). The second kappa shape index (κ2) is 6.95. The van der Waals surface area contributed by atoms with Crippen LogP contribution in [-0.2, 0) is 0 Å². The van der Waals surface area contributed by atoms with E-state index in [4.69, 9.17) is 4.74 Å². The molecule has 1 N–H and O–H groups in total. The number of ether oxygens (including phenoxy) is 1. The summed E-state index contributed by atoms with van der Waals surface area (Å²) in [5.41, 5.74) is 1.75. The van der Waals surface area contributed by atoms with Crippen molar-refractivity contribution < 1.29 is 13.5 Å². The van der Waals surface area contributed by atoms with Gasteiger partial charge in [0.2, 0.25) is 0 Å². The van der Waals surface area contributed by atoms with Crippen molar-refractivity contribution in [2.75, 3.05) is 12.4 Å². The summed E-state index contributed by atoms with van der Waals surface area (Å²) in [7, 11) is 1.54. The summed E-state index contributed by atoms with van der Waals surface area (Å²) in [5, 5.41) is 3.80. The van der Waals surface area contributed by atoms with Crippen molar-refractivity contribution in [1.82, 2.24) is 15.0 Å². The maximum Gasteiger partial charge on any atom is 0.166 e. The molecule has 27 heavy (non-hydrogen) atoms. The highest BCUT2D eigenvalue weighted by Crippen LogP contribution is 2.31. The van der Waals surface area contributed by atoms with Crippen LogP contribution in [0.25, 0.3) is 22.3 Å². The Morgan fingerprint density at radius 3 is 2.63 bits per heavy atom. The molecule has 2 aromatic carbocycles. The van der Waals surface area contributed by atoms with E-state index >= 15 is 0 Å². The molecule has 0 radical (unpaired) electrons. The number of pyridine rings is 1. The molecule has 0 aliphatic heterocycles. The molecule has 0 unspecified atom stereocenters. The van der Waals surface area contributed by atoms with Crippen LogP contribution >= 0.6 is 0 Å². The van der Waals surface area contributed by atoms with Gasteiger partial charge in [-0.25, -0.2) is 18.7 Å². The number of nitrogens with zero attached hydrogens (tertiary/aromatic N) is 3. The monoisotopic (exact) mass is 364 g/mol. The predicted octanol–water partition coefficient (Wildman–Crippen LogP) is 4.72. The third-order valence-corrected chi connectivity index (χ3v) is 4.03. The van der Waals surface area contributed by atoms with Gasteiger partial charge in [-0.1, -0.05) is 12.1 Å². The summed E-state index contributed by atoms with van der Waals surface area (Å²) in [6.07, 6.45) is 3.20. The van der Waals surface area contributed by atoms with E-state index in [9.17, 15) is 8.78 Å². The van der Waals surface area contributed by atoms with Crippen LogP contribution in [0.15, 0.2) is 60.9 Å². The Bertz CT molecular complexity index is 1130. The van der Waals surface area contributed by atoms with Crippen LogP contribution in [0.1, 0.15) is 0 Å². The van der Waals surface area contributed by atoms with Crippen molar-refractivity contribution >= 4 is 22.4 Å². The van der Waals surface area contributed by atoms with E-state index in [0.29, 0.717) is 34.2 Å². The minimum absolute atomic E-state index is 0.380. The van der Waals surface area contributed by atoms with Gasteiger partial charge >= 0.3 is 0 Å². The molecule has 0 aliphatic rings. The van der Waals surface area contributed by atoms with Crippen molar-refractivity contribution in [3.8, 4) is 17.1 Å². The van der Waals surface area contributed by atoms with Gasteiger partial charge < -0.3 is 10.1 Å². The van der Waals surface area contributed by atoms with Crippen LogP contribution in [-0.4, -0.2) is 22.1 Å². The molecular formula is C20H14F2N4O. The number of nitrogens with one attached hydrogen (secondary N) is 1. The van der Waals surface area contributed by atoms with E-state index < -0.39 is 11.6 Å². The van der Waals surface area contributed by atoms with Crippen molar-refractivity contribution in [1.29, 1.82) is 0 Å². The highest BCUT2D eigenvalue weighted by molar-refractivity contribution is 5.92. The van der Waals surface area contributed by atoms with Crippen LogP contribution in [0.3, 0.4) is 0 Å². The lowest BCUT2D eigenvalue weighted by Gasteiger charge is -2.12. The fourth-order valence-electron chi connectivity index (χ4n) is 2.73. The molecule has 7 heteroatoms. The van der Waals surface area contributed by atoms with Gasteiger partial charge in [-0.15, -0.1) is 0 Å². The number of para-hydroxylation sites is 1. The number of benzene rings is 2. The number of hydrogen-bond donors (Lipinski definition) is 1. The molecule has 0 saturated carbocycles. The highest BCUT2D eigenvalue weighted by Gasteiger charge is 2.14. The predicted molar refractivity (Wildman–Crippen MR) is 99.0 cm³/mol. The van der Waals surface area contributed by atoms with Crippen LogP contribution in [0, 0.1) is 11.6 Å². The summed E-state index contributed by atoms with van der Waals surface area (Å²) in [5.74, 6) is -0.408. The van der Waals surface area contributed by atoms with Crippen molar-refractivity contribution in [3.05, 3.63) is 72.6 Å². The Morgan fingerprint density at radius 2 is 1.81 bits per heavy atom. The van der Waals surface area contributed by atoms with Crippen molar-refractivity contribution in [3.63, 3.8) is 0 Å². The van der Waals surface area contributed by atoms with Gasteiger partial charge in [0.05, 0.1) is 24.4 Å². The number of aromatic nitrogens is 3. The Hall–Kier alpha value is -3.61. The summed E-state index contributed by atoms with van der Waals surface area (Å²) in [4.78, 5) is 13.2. The lowest BCUT2D eigenvalue weighted by atomic mass is 10.2. The number of rotatable bonds is 4. The molecule has 4 rings (SSSR count). The zero-order valence-corrected chi connectivity index (χ0v) is 14.3. The topological polar surface area (TPSA) is 59.9 Å². The molecule has 0 fully saturated rings. The Kier molecular flexibility index (Phi) is 4.33. The minimum Gasteiger partial charge on any atom is -0.494 e. The van der Waals surface area contributed by atoms with Crippen LogP contribution < -0.4 is 10.1 Å². The average molecular weight is 364 g/mol. The molecule has 5 nitrogen and oxygen atoms in total. The van der Waals surface area contributed by atoms with Crippen LogP contribution in [0.5, 0.6) is 5.75 Å². The van der Waals surface area contributed by atoms with Gasteiger partial charge in [0.15, 0.2) is 17.5 Å². The number of halogens is 2. The van der Waals surface area contributed by atoms with Gasteiger partial charge in [-0.2, -0.15) is 0 Å². The van der Waals surface area contributed by atoms with E-state index in [1.807, 2.05) is 24.3 Å². The molecule has 0 spiro atoms. The summed E-state index contributed by atoms with van der Waals surface area (Å²) >= 11 is 0. The van der Waals surface area contributed by atoms with Gasteiger partial charge in [-0.05, 0) is 30.3 Å². The third-order valence-electron chi connectivity index (χ3n) is 4.03. The van der Waals surface area contributed by atoms with Gasteiger partial charge in [0, 0.05) is 23.3 Å². The molecule has 0 amide bonds. The molecule has 0 saturated heterocycles. The second-order valence-corrected chi connectivity index (χ2v) is 5.74. The fraction of sp³-hybridized carbons (Fsp3) is 0.0500. The zero-order valence-electron chi connectivity index (χ0n) is 14.3. The highest BCUT2D eigenvalue weighted by atomic mass is 19.2. The van der Waals surface area contributed by atoms with Gasteiger partial charge in [0.1, 0.15) is 11.6 Å². The van der Waals surface area contributed by atoms with Gasteiger partial charge in [0.25, 0.3) is 0 Å². The first-order valence-electron chi connectivity index (χ1n) is 8.13. The smallest absolute Gasteiger partial charge is 0.166 e. The maximum absolute atomic E-state index is 13.6. The number of hydrogen-bond acceptors (Lipinski definition) is 5. The quantitative estimate of drug-likeness (QED) is 0.568. The van der Waals surface area contributed by atoms with E-state index in [2.05, 4.69) is 20.3 Å². The summed E-state index contributed by atoms with van der Waals surface area (Å²) in [6, 6.07) is 12.8. The molecule has 0 bridgehead atoms. The van der Waals surface area contributed by atoms with E-state index in [1.165, 1.54) is 6.07 Å².